The minimum absolute atomic E-state index is 0.319. The van der Waals surface area contributed by atoms with Crippen molar-refractivity contribution >= 4 is 0 Å². The van der Waals surface area contributed by atoms with E-state index in [-0.39, 0.29) is 0 Å². The maximum absolute atomic E-state index is 5.60. The molecule has 1 aromatic carbocycles. The molecule has 0 spiro atoms. The van der Waals surface area contributed by atoms with Crippen molar-refractivity contribution in [1.82, 2.24) is 9.80 Å². The maximum atomic E-state index is 5.60. The van der Waals surface area contributed by atoms with Gasteiger partial charge in [-0.3, -0.25) is 0 Å². The van der Waals surface area contributed by atoms with Crippen LogP contribution in [0.5, 0.6) is 0 Å². The third-order valence-corrected chi connectivity index (χ3v) is 5.24. The largest absolute Gasteiger partial charge is 0.330 e. The summed E-state index contributed by atoms with van der Waals surface area (Å²) >= 11 is 0. The molecule has 1 heterocycles. The van der Waals surface area contributed by atoms with Crippen LogP contribution in [0.1, 0.15) is 31.4 Å². The predicted octanol–water partition coefficient (Wildman–Crippen LogP) is 2.35. The Bertz CT molecular complexity index is 438. The lowest BCUT2D eigenvalue weighted by Crippen LogP contribution is -2.43. The summed E-state index contributed by atoms with van der Waals surface area (Å²) in [5, 5.41) is 0. The van der Waals surface area contributed by atoms with Crippen LogP contribution in [-0.4, -0.2) is 49.1 Å². The van der Waals surface area contributed by atoms with Gasteiger partial charge in [-0.25, -0.2) is 0 Å². The summed E-state index contributed by atoms with van der Waals surface area (Å²) in [5.74, 6) is 0.754. The van der Waals surface area contributed by atoms with E-state index in [2.05, 4.69) is 62.0 Å². The minimum Gasteiger partial charge on any atom is -0.330 e. The first-order valence-corrected chi connectivity index (χ1v) is 8.11. The number of nitrogens with two attached hydrogens (primary N) is 1. The van der Waals surface area contributed by atoms with E-state index in [1.165, 1.54) is 30.6 Å². The molecule has 1 aliphatic heterocycles. The van der Waals surface area contributed by atoms with E-state index in [1.54, 1.807) is 0 Å². The highest BCUT2D eigenvalue weighted by molar-refractivity contribution is 5.22. The van der Waals surface area contributed by atoms with Crippen molar-refractivity contribution in [3.63, 3.8) is 0 Å². The second-order valence-corrected chi connectivity index (χ2v) is 7.11. The van der Waals surface area contributed by atoms with Crippen LogP contribution >= 0.6 is 0 Å². The summed E-state index contributed by atoms with van der Waals surface area (Å²) in [6.45, 7) is 8.89. The van der Waals surface area contributed by atoms with Crippen LogP contribution in [0.15, 0.2) is 24.3 Å². The van der Waals surface area contributed by atoms with Crippen LogP contribution in [0.4, 0.5) is 0 Å². The zero-order valence-corrected chi connectivity index (χ0v) is 14.1. The lowest BCUT2D eigenvalue weighted by atomic mass is 9.88. The first kappa shape index (κ1) is 16.5. The topological polar surface area (TPSA) is 32.5 Å². The third kappa shape index (κ3) is 4.06. The molecule has 21 heavy (non-hydrogen) atoms. The summed E-state index contributed by atoms with van der Waals surface area (Å²) in [6.07, 6.45) is 2.28. The molecule has 0 radical (unpaired) electrons. The Morgan fingerprint density at radius 3 is 2.38 bits per heavy atom. The molecule has 3 heteroatoms. The van der Waals surface area contributed by atoms with Gasteiger partial charge in [-0.1, -0.05) is 24.3 Å². The SMILES string of the molecule is CN(Cc1ccc(CCN)cc1)CC1CCN(C)C1(C)C. The number of benzene rings is 1. The summed E-state index contributed by atoms with van der Waals surface area (Å²) in [5.41, 5.74) is 8.64. The van der Waals surface area contributed by atoms with Crippen molar-refractivity contribution in [1.29, 1.82) is 0 Å². The number of hydrogen-bond acceptors (Lipinski definition) is 3. The molecule has 0 bridgehead atoms. The van der Waals surface area contributed by atoms with E-state index in [4.69, 9.17) is 5.73 Å². The Morgan fingerprint density at radius 1 is 1.24 bits per heavy atom. The van der Waals surface area contributed by atoms with Gasteiger partial charge in [-0.2, -0.15) is 0 Å². The Hall–Kier alpha value is -0.900. The lowest BCUT2D eigenvalue weighted by Gasteiger charge is -2.35. The zero-order chi connectivity index (χ0) is 15.5. The molecule has 1 aromatic rings. The fourth-order valence-corrected chi connectivity index (χ4v) is 3.35. The van der Waals surface area contributed by atoms with Crippen molar-refractivity contribution in [3.8, 4) is 0 Å². The van der Waals surface area contributed by atoms with E-state index < -0.39 is 0 Å². The van der Waals surface area contributed by atoms with Crippen LogP contribution in [-0.2, 0) is 13.0 Å². The van der Waals surface area contributed by atoms with Gasteiger partial charge in [0, 0.05) is 18.6 Å². The molecule has 1 fully saturated rings. The normalized spacial score (nSPS) is 22.1. The molecular weight excluding hydrogens is 258 g/mol. The van der Waals surface area contributed by atoms with Crippen molar-refractivity contribution in [2.75, 3.05) is 33.7 Å². The first-order chi connectivity index (χ1) is 9.93. The fraction of sp³-hybridized carbons (Fsp3) is 0.667. The third-order valence-electron chi connectivity index (χ3n) is 5.24. The second kappa shape index (κ2) is 6.91. The number of nitrogens with zero attached hydrogens (tertiary/aromatic N) is 2. The maximum Gasteiger partial charge on any atom is 0.0230 e. The number of hydrogen-bond donors (Lipinski definition) is 1. The van der Waals surface area contributed by atoms with Gasteiger partial charge in [0.2, 0.25) is 0 Å². The smallest absolute Gasteiger partial charge is 0.0230 e. The van der Waals surface area contributed by atoms with Crippen molar-refractivity contribution in [2.24, 2.45) is 11.7 Å². The molecule has 1 aliphatic rings. The van der Waals surface area contributed by atoms with Crippen LogP contribution in [0.3, 0.4) is 0 Å². The highest BCUT2D eigenvalue weighted by Crippen LogP contribution is 2.33. The summed E-state index contributed by atoms with van der Waals surface area (Å²) < 4.78 is 0. The Morgan fingerprint density at radius 2 is 1.86 bits per heavy atom. The molecule has 3 nitrogen and oxygen atoms in total. The van der Waals surface area contributed by atoms with Gasteiger partial charge in [-0.05, 0) is 70.9 Å². The van der Waals surface area contributed by atoms with Crippen molar-refractivity contribution < 1.29 is 0 Å². The molecule has 0 amide bonds. The zero-order valence-electron chi connectivity index (χ0n) is 14.1. The van der Waals surface area contributed by atoms with Gasteiger partial charge in [0.15, 0.2) is 0 Å². The predicted molar refractivity (Wildman–Crippen MR) is 90.4 cm³/mol. The quantitative estimate of drug-likeness (QED) is 0.872. The van der Waals surface area contributed by atoms with Gasteiger partial charge in [0.25, 0.3) is 0 Å². The monoisotopic (exact) mass is 289 g/mol. The minimum atomic E-state index is 0.319. The summed E-state index contributed by atoms with van der Waals surface area (Å²) in [4.78, 5) is 4.95. The average Bonchev–Trinajstić information content (AvgIpc) is 2.68. The van der Waals surface area contributed by atoms with Crippen LogP contribution in [0, 0.1) is 5.92 Å². The molecule has 2 rings (SSSR count). The number of likely N-dealkylation sites (tertiary alicyclic amines) is 1. The van der Waals surface area contributed by atoms with Crippen molar-refractivity contribution in [3.05, 3.63) is 35.4 Å². The highest BCUT2D eigenvalue weighted by Gasteiger charge is 2.39. The molecule has 1 saturated heterocycles. The van der Waals surface area contributed by atoms with E-state index >= 15 is 0 Å². The highest BCUT2D eigenvalue weighted by atomic mass is 15.2. The molecular formula is C18H31N3. The van der Waals surface area contributed by atoms with Crippen LogP contribution in [0.2, 0.25) is 0 Å². The summed E-state index contributed by atoms with van der Waals surface area (Å²) in [6, 6.07) is 8.91. The van der Waals surface area contributed by atoms with Gasteiger partial charge >= 0.3 is 0 Å². The molecule has 0 aromatic heterocycles. The lowest BCUT2D eigenvalue weighted by molar-refractivity contribution is 0.140. The molecule has 0 aliphatic carbocycles. The molecule has 0 saturated carbocycles. The molecule has 118 valence electrons. The molecule has 2 N–H and O–H groups in total. The van der Waals surface area contributed by atoms with E-state index in [9.17, 15) is 0 Å². The summed E-state index contributed by atoms with van der Waals surface area (Å²) in [7, 11) is 4.48. The van der Waals surface area contributed by atoms with Crippen LogP contribution in [0.25, 0.3) is 0 Å². The average molecular weight is 289 g/mol. The Balaban J connectivity index is 1.88. The second-order valence-electron chi connectivity index (χ2n) is 7.11. The fourth-order valence-electron chi connectivity index (χ4n) is 3.35. The first-order valence-electron chi connectivity index (χ1n) is 8.11. The number of rotatable bonds is 6. The Kier molecular flexibility index (Phi) is 5.42. The molecule has 1 atom stereocenters. The van der Waals surface area contributed by atoms with Gasteiger partial charge < -0.3 is 15.5 Å². The Labute approximate surface area is 130 Å². The standard InChI is InChI=1S/C18H31N3/c1-18(2)17(10-12-21(18)4)14-20(3)13-16-7-5-15(6-8-16)9-11-19/h5-8,17H,9-14,19H2,1-4H3. The van der Waals surface area contributed by atoms with Gasteiger partial charge in [0.1, 0.15) is 0 Å². The van der Waals surface area contributed by atoms with E-state index in [0.717, 1.165) is 25.4 Å². The molecule has 1 unspecified atom stereocenters. The van der Waals surface area contributed by atoms with E-state index in [0.29, 0.717) is 5.54 Å². The van der Waals surface area contributed by atoms with Crippen molar-refractivity contribution in [2.45, 2.75) is 38.8 Å². The van der Waals surface area contributed by atoms with E-state index in [1.807, 2.05) is 0 Å². The van der Waals surface area contributed by atoms with Gasteiger partial charge in [-0.15, -0.1) is 0 Å². The van der Waals surface area contributed by atoms with Gasteiger partial charge in [0.05, 0.1) is 0 Å². The van der Waals surface area contributed by atoms with Crippen LogP contribution < -0.4 is 5.73 Å².